The van der Waals surface area contributed by atoms with Crippen molar-refractivity contribution in [1.29, 1.82) is 0 Å². The van der Waals surface area contributed by atoms with Gasteiger partial charge in [-0.25, -0.2) is 0 Å². The summed E-state index contributed by atoms with van der Waals surface area (Å²) in [6.45, 7) is 0. The van der Waals surface area contributed by atoms with E-state index in [0.29, 0.717) is 84.8 Å². The zero-order valence-electron chi connectivity index (χ0n) is 23.0. The van der Waals surface area contributed by atoms with Gasteiger partial charge in [-0.2, -0.15) is 0 Å². The summed E-state index contributed by atoms with van der Waals surface area (Å²) in [4.78, 5) is 71.3. The van der Waals surface area contributed by atoms with E-state index in [1.54, 1.807) is 24.3 Å². The summed E-state index contributed by atoms with van der Waals surface area (Å²) in [6.07, 6.45) is 4.40. The largest absolute Gasteiger partial charge is 0.481 e. The van der Waals surface area contributed by atoms with Crippen molar-refractivity contribution in [3.63, 3.8) is 0 Å². The van der Waals surface area contributed by atoms with Crippen LogP contribution in [0.15, 0.2) is 59.7 Å². The molecule has 0 aromatic heterocycles. The summed E-state index contributed by atoms with van der Waals surface area (Å²) in [5.41, 5.74) is 4.40. The highest BCUT2D eigenvalue weighted by Crippen LogP contribution is 2.32. The fourth-order valence-electron chi connectivity index (χ4n) is 5.24. The van der Waals surface area contributed by atoms with E-state index >= 15 is 0 Å². The molecular weight excluding hydrogens is 540 g/mol. The number of carboxylic acids is 2. The quantitative estimate of drug-likeness (QED) is 0.182. The first-order valence-corrected chi connectivity index (χ1v) is 14.0. The predicted octanol–water partition coefficient (Wildman–Crippen LogP) is 4.24. The molecule has 2 heterocycles. The Morgan fingerprint density at radius 1 is 0.476 bits per heavy atom. The monoisotopic (exact) mass is 572 g/mol. The Morgan fingerprint density at radius 3 is 1.14 bits per heavy atom. The van der Waals surface area contributed by atoms with E-state index in [-0.39, 0.29) is 12.8 Å². The third-order valence-electron chi connectivity index (χ3n) is 7.38. The first kappa shape index (κ1) is 30.1. The zero-order valence-corrected chi connectivity index (χ0v) is 23.0. The maximum Gasteiger partial charge on any atom is 0.303 e. The van der Waals surface area contributed by atoms with E-state index < -0.39 is 35.6 Å². The summed E-state index contributed by atoms with van der Waals surface area (Å²) in [6, 6.07) is 14.4. The second-order valence-electron chi connectivity index (χ2n) is 10.3. The molecule has 0 atom stereocenters. The molecule has 4 rings (SSSR count). The molecule has 10 heteroatoms. The minimum absolute atomic E-state index is 0.0692. The van der Waals surface area contributed by atoms with Gasteiger partial charge in [-0.3, -0.25) is 39.4 Å². The van der Waals surface area contributed by atoms with Gasteiger partial charge in [-0.1, -0.05) is 61.4 Å². The minimum atomic E-state index is -0.860. The van der Waals surface area contributed by atoms with Crippen LogP contribution in [0.5, 0.6) is 0 Å². The van der Waals surface area contributed by atoms with E-state index in [2.05, 4.69) is 10.6 Å². The molecule has 0 bridgehead atoms. The number of carbonyl (C=O) groups excluding carboxylic acids is 4. The summed E-state index contributed by atoms with van der Waals surface area (Å²) >= 11 is 0. The summed E-state index contributed by atoms with van der Waals surface area (Å²) in [5, 5.41) is 22.3. The molecule has 0 aliphatic carbocycles. The fraction of sp³-hybridized carbons (Fsp3) is 0.312. The van der Waals surface area contributed by atoms with Crippen LogP contribution in [-0.2, 0) is 28.8 Å². The van der Waals surface area contributed by atoms with Crippen LogP contribution in [0.2, 0.25) is 0 Å². The number of carbonyl (C=O) groups is 6. The number of hydrogen-bond acceptors (Lipinski definition) is 6. The number of benzene rings is 2. The second kappa shape index (κ2) is 13.7. The lowest BCUT2D eigenvalue weighted by Crippen LogP contribution is -2.23. The molecule has 2 aromatic rings. The summed E-state index contributed by atoms with van der Waals surface area (Å²) < 4.78 is 0. The van der Waals surface area contributed by atoms with Gasteiger partial charge in [0.1, 0.15) is 0 Å². The molecule has 218 valence electrons. The molecule has 42 heavy (non-hydrogen) atoms. The van der Waals surface area contributed by atoms with Gasteiger partial charge >= 0.3 is 11.9 Å². The SMILES string of the molecule is O=C(O)CCCCCC1=C(c2ccc(-c3ccc(C4=C(CCCCCC(=O)O)C(=O)NC4=O)cc3)cc2)C(=O)NC1=O. The molecule has 0 unspecified atom stereocenters. The van der Waals surface area contributed by atoms with Gasteiger partial charge in [0, 0.05) is 24.0 Å². The van der Waals surface area contributed by atoms with Crippen LogP contribution in [0.25, 0.3) is 22.3 Å². The molecule has 0 radical (unpaired) electrons. The van der Waals surface area contributed by atoms with Crippen molar-refractivity contribution in [3.8, 4) is 11.1 Å². The number of unbranched alkanes of at least 4 members (excludes halogenated alkanes) is 4. The van der Waals surface area contributed by atoms with E-state index in [0.717, 1.165) is 11.1 Å². The number of imide groups is 2. The van der Waals surface area contributed by atoms with Crippen molar-refractivity contribution >= 4 is 46.7 Å². The lowest BCUT2D eigenvalue weighted by Gasteiger charge is -2.08. The van der Waals surface area contributed by atoms with E-state index in [4.69, 9.17) is 10.2 Å². The average molecular weight is 573 g/mol. The number of nitrogens with one attached hydrogen (secondary N) is 2. The van der Waals surface area contributed by atoms with Crippen molar-refractivity contribution in [2.45, 2.75) is 64.2 Å². The molecule has 0 saturated carbocycles. The molecule has 0 saturated heterocycles. The molecule has 0 fully saturated rings. The maximum absolute atomic E-state index is 12.5. The molecule has 10 nitrogen and oxygen atoms in total. The molecule has 2 aromatic carbocycles. The third kappa shape index (κ3) is 7.25. The van der Waals surface area contributed by atoms with Gasteiger partial charge in [0.15, 0.2) is 0 Å². The highest BCUT2D eigenvalue weighted by molar-refractivity contribution is 6.36. The Kier molecular flexibility index (Phi) is 9.80. The number of carboxylic acid groups (broad SMARTS) is 2. The predicted molar refractivity (Wildman–Crippen MR) is 153 cm³/mol. The van der Waals surface area contributed by atoms with Crippen molar-refractivity contribution in [3.05, 3.63) is 70.8 Å². The minimum Gasteiger partial charge on any atom is -0.481 e. The number of hydrogen-bond donors (Lipinski definition) is 4. The van der Waals surface area contributed by atoms with Gasteiger partial charge in [-0.05, 0) is 60.8 Å². The Labute approximate surface area is 242 Å². The smallest absolute Gasteiger partial charge is 0.303 e. The van der Waals surface area contributed by atoms with Gasteiger partial charge in [-0.15, -0.1) is 0 Å². The number of aliphatic carboxylic acids is 2. The van der Waals surface area contributed by atoms with Gasteiger partial charge < -0.3 is 10.2 Å². The molecule has 4 amide bonds. The van der Waals surface area contributed by atoms with Gasteiger partial charge in [0.2, 0.25) is 0 Å². The average Bonchev–Trinajstić information content (AvgIpc) is 3.40. The number of amides is 4. The van der Waals surface area contributed by atoms with Crippen LogP contribution in [0.4, 0.5) is 0 Å². The lowest BCUT2D eigenvalue weighted by atomic mass is 9.94. The Morgan fingerprint density at radius 2 is 0.810 bits per heavy atom. The number of rotatable bonds is 15. The van der Waals surface area contributed by atoms with Gasteiger partial charge in [0.05, 0.1) is 11.1 Å². The van der Waals surface area contributed by atoms with Gasteiger partial charge in [0.25, 0.3) is 23.6 Å². The Hall–Kier alpha value is -4.86. The highest BCUT2D eigenvalue weighted by Gasteiger charge is 2.31. The molecule has 2 aliphatic rings. The van der Waals surface area contributed by atoms with Crippen LogP contribution >= 0.6 is 0 Å². The van der Waals surface area contributed by atoms with Crippen LogP contribution in [0, 0.1) is 0 Å². The molecular formula is C32H32N2O8. The van der Waals surface area contributed by atoms with Crippen LogP contribution in [-0.4, -0.2) is 45.8 Å². The lowest BCUT2D eigenvalue weighted by molar-refractivity contribution is -0.138. The normalized spacial score (nSPS) is 15.0. The second-order valence-corrected chi connectivity index (χ2v) is 10.3. The first-order valence-electron chi connectivity index (χ1n) is 14.0. The van der Waals surface area contributed by atoms with Crippen molar-refractivity contribution < 1.29 is 39.0 Å². The van der Waals surface area contributed by atoms with Crippen molar-refractivity contribution in [2.75, 3.05) is 0 Å². The highest BCUT2D eigenvalue weighted by atomic mass is 16.4. The molecule has 2 aliphatic heterocycles. The standard InChI is InChI=1S/C32H32N2O8/c35-25(36)9-5-1-3-7-23-27(31(41)33-29(23)39)21-15-11-19(12-16-21)20-13-17-22(18-14-20)28-24(30(40)34-32(28)42)8-4-2-6-10-26(37)38/h11-18H,1-10H2,(H,35,36)(H,37,38)(H,33,39,41)(H,34,40,42). The van der Waals surface area contributed by atoms with Crippen molar-refractivity contribution in [2.24, 2.45) is 0 Å². The Bertz CT molecular complexity index is 1370. The van der Waals surface area contributed by atoms with Crippen LogP contribution in [0.1, 0.15) is 75.3 Å². The summed E-state index contributed by atoms with van der Waals surface area (Å²) in [7, 11) is 0. The third-order valence-corrected chi connectivity index (χ3v) is 7.38. The van der Waals surface area contributed by atoms with Crippen molar-refractivity contribution in [1.82, 2.24) is 10.6 Å². The van der Waals surface area contributed by atoms with Crippen LogP contribution < -0.4 is 10.6 Å². The van der Waals surface area contributed by atoms with E-state index in [1.165, 1.54) is 0 Å². The summed E-state index contributed by atoms with van der Waals surface area (Å²) in [5.74, 6) is -3.46. The first-order chi connectivity index (χ1) is 20.2. The Balaban J connectivity index is 1.47. The van der Waals surface area contributed by atoms with E-state index in [1.807, 2.05) is 24.3 Å². The van der Waals surface area contributed by atoms with E-state index in [9.17, 15) is 28.8 Å². The van der Waals surface area contributed by atoms with Crippen LogP contribution in [0.3, 0.4) is 0 Å². The maximum atomic E-state index is 12.5. The fourth-order valence-corrected chi connectivity index (χ4v) is 5.24. The molecule has 0 spiro atoms. The topological polar surface area (TPSA) is 167 Å². The zero-order chi connectivity index (χ0) is 30.2. The molecule has 4 N–H and O–H groups in total.